The standard InChI is InChI=1S/C9H12FN3O4S/c10-6-1-2-7(11)8(5-6)18(15,16)13-3-4-17-9(12)14/h1-2,5,13H,3-4,11H2,(H2,12,14). The number of nitrogens with two attached hydrogens (primary N) is 2. The van der Waals surface area contributed by atoms with Crippen LogP contribution < -0.4 is 16.2 Å². The molecule has 0 heterocycles. The first kappa shape index (κ1) is 14.2. The fourth-order valence-electron chi connectivity index (χ4n) is 1.15. The van der Waals surface area contributed by atoms with Crippen molar-refractivity contribution in [1.29, 1.82) is 0 Å². The van der Waals surface area contributed by atoms with E-state index in [4.69, 9.17) is 5.73 Å². The van der Waals surface area contributed by atoms with Crippen molar-refractivity contribution in [3.63, 3.8) is 0 Å². The number of amides is 1. The van der Waals surface area contributed by atoms with Crippen molar-refractivity contribution in [1.82, 2.24) is 4.72 Å². The molecule has 1 aromatic rings. The van der Waals surface area contributed by atoms with Crippen molar-refractivity contribution in [2.45, 2.75) is 4.90 Å². The second-order valence-corrected chi connectivity index (χ2v) is 4.98. The normalized spacial score (nSPS) is 11.2. The van der Waals surface area contributed by atoms with E-state index in [-0.39, 0.29) is 23.7 Å². The van der Waals surface area contributed by atoms with Gasteiger partial charge >= 0.3 is 6.09 Å². The summed E-state index contributed by atoms with van der Waals surface area (Å²) in [5.74, 6) is -0.724. The molecule has 7 nitrogen and oxygen atoms in total. The van der Waals surface area contributed by atoms with E-state index in [1.165, 1.54) is 0 Å². The number of hydrogen-bond donors (Lipinski definition) is 3. The lowest BCUT2D eigenvalue weighted by Crippen LogP contribution is -2.29. The van der Waals surface area contributed by atoms with Crippen molar-refractivity contribution in [3.05, 3.63) is 24.0 Å². The fraction of sp³-hybridized carbons (Fsp3) is 0.222. The van der Waals surface area contributed by atoms with Crippen molar-refractivity contribution in [2.24, 2.45) is 5.73 Å². The number of nitrogen functional groups attached to an aromatic ring is 1. The van der Waals surface area contributed by atoms with Crippen molar-refractivity contribution < 1.29 is 22.3 Å². The summed E-state index contributed by atoms with van der Waals surface area (Å²) in [6.45, 7) is -0.426. The van der Waals surface area contributed by atoms with Crippen LogP contribution in [0.5, 0.6) is 0 Å². The zero-order chi connectivity index (χ0) is 13.8. The molecule has 1 rings (SSSR count). The van der Waals surface area contributed by atoms with E-state index in [1.54, 1.807) is 0 Å². The van der Waals surface area contributed by atoms with Gasteiger partial charge in [0, 0.05) is 6.54 Å². The Hall–Kier alpha value is -1.87. The number of carbonyl (C=O) groups excluding carboxylic acids is 1. The Morgan fingerprint density at radius 1 is 1.44 bits per heavy atom. The lowest BCUT2D eigenvalue weighted by molar-refractivity contribution is 0.159. The van der Waals surface area contributed by atoms with E-state index in [0.717, 1.165) is 18.2 Å². The van der Waals surface area contributed by atoms with Gasteiger partial charge in [0.25, 0.3) is 0 Å². The van der Waals surface area contributed by atoms with Crippen LogP contribution in [0.2, 0.25) is 0 Å². The summed E-state index contributed by atoms with van der Waals surface area (Å²) in [7, 11) is -3.96. The van der Waals surface area contributed by atoms with Gasteiger partial charge in [0.15, 0.2) is 0 Å². The van der Waals surface area contributed by atoms with E-state index in [9.17, 15) is 17.6 Å². The van der Waals surface area contributed by atoms with Crippen LogP contribution in [0.1, 0.15) is 0 Å². The second kappa shape index (κ2) is 5.65. The highest BCUT2D eigenvalue weighted by Crippen LogP contribution is 2.18. The number of sulfonamides is 1. The van der Waals surface area contributed by atoms with E-state index in [2.05, 4.69) is 15.2 Å². The molecule has 0 atom stereocenters. The van der Waals surface area contributed by atoms with Crippen molar-refractivity contribution in [3.8, 4) is 0 Å². The highest BCUT2D eigenvalue weighted by atomic mass is 32.2. The average molecular weight is 277 g/mol. The molecule has 0 aromatic heterocycles. The van der Waals surface area contributed by atoms with E-state index >= 15 is 0 Å². The van der Waals surface area contributed by atoms with Crippen LogP contribution in [0.3, 0.4) is 0 Å². The third kappa shape index (κ3) is 3.86. The first-order valence-electron chi connectivity index (χ1n) is 4.80. The van der Waals surface area contributed by atoms with Crippen LogP contribution in [-0.2, 0) is 14.8 Å². The van der Waals surface area contributed by atoms with E-state index < -0.39 is 21.9 Å². The monoisotopic (exact) mass is 277 g/mol. The van der Waals surface area contributed by atoms with Gasteiger partial charge < -0.3 is 16.2 Å². The fourth-order valence-corrected chi connectivity index (χ4v) is 2.30. The number of halogens is 1. The smallest absolute Gasteiger partial charge is 0.404 e. The zero-order valence-electron chi connectivity index (χ0n) is 9.22. The predicted molar refractivity (Wildman–Crippen MR) is 61.5 cm³/mol. The Morgan fingerprint density at radius 3 is 2.72 bits per heavy atom. The Labute approximate surface area is 103 Å². The summed E-state index contributed by atoms with van der Waals surface area (Å²) in [5.41, 5.74) is 10.0. The molecule has 5 N–H and O–H groups in total. The minimum absolute atomic E-state index is 0.0836. The van der Waals surface area contributed by atoms with Gasteiger partial charge in [-0.2, -0.15) is 0 Å². The number of primary amides is 1. The summed E-state index contributed by atoms with van der Waals surface area (Å²) in [6, 6.07) is 2.99. The van der Waals surface area contributed by atoms with Gasteiger partial charge in [-0.3, -0.25) is 0 Å². The zero-order valence-corrected chi connectivity index (χ0v) is 10.0. The first-order chi connectivity index (χ1) is 8.33. The quantitative estimate of drug-likeness (QED) is 0.507. The molecule has 0 bridgehead atoms. The average Bonchev–Trinajstić information content (AvgIpc) is 2.27. The van der Waals surface area contributed by atoms with Crippen LogP contribution in [0, 0.1) is 5.82 Å². The molecule has 0 fully saturated rings. The number of benzene rings is 1. The Balaban J connectivity index is 2.74. The van der Waals surface area contributed by atoms with Gasteiger partial charge in [-0.05, 0) is 18.2 Å². The largest absolute Gasteiger partial charge is 0.448 e. The first-order valence-corrected chi connectivity index (χ1v) is 6.28. The molecule has 0 aliphatic rings. The van der Waals surface area contributed by atoms with E-state index in [0.29, 0.717) is 0 Å². The molecule has 1 aromatic carbocycles. The molecule has 1 amide bonds. The highest BCUT2D eigenvalue weighted by molar-refractivity contribution is 7.89. The third-order valence-electron chi connectivity index (χ3n) is 1.90. The summed E-state index contributed by atoms with van der Waals surface area (Å²) in [5, 5.41) is 0. The predicted octanol–water partition coefficient (Wildman–Crippen LogP) is -0.219. The third-order valence-corrected chi connectivity index (χ3v) is 3.42. The van der Waals surface area contributed by atoms with Gasteiger partial charge in [0.05, 0.1) is 5.69 Å². The van der Waals surface area contributed by atoms with Gasteiger partial charge in [0.2, 0.25) is 10.0 Å². The number of hydrogen-bond acceptors (Lipinski definition) is 5. The Bertz CT molecular complexity index is 547. The lowest BCUT2D eigenvalue weighted by atomic mass is 10.3. The Kier molecular flexibility index (Phi) is 4.45. The van der Waals surface area contributed by atoms with E-state index in [1.807, 2.05) is 0 Å². The number of rotatable bonds is 5. The van der Waals surface area contributed by atoms with Crippen molar-refractivity contribution in [2.75, 3.05) is 18.9 Å². The maximum Gasteiger partial charge on any atom is 0.404 e. The maximum absolute atomic E-state index is 12.9. The maximum atomic E-state index is 12.9. The second-order valence-electron chi connectivity index (χ2n) is 3.25. The molecule has 9 heteroatoms. The number of anilines is 1. The molecule has 0 unspecified atom stereocenters. The summed E-state index contributed by atoms with van der Waals surface area (Å²) in [4.78, 5) is 9.87. The van der Waals surface area contributed by atoms with Crippen LogP contribution in [0.15, 0.2) is 23.1 Å². The highest BCUT2D eigenvalue weighted by Gasteiger charge is 2.17. The molecule has 0 aliphatic carbocycles. The number of ether oxygens (including phenoxy) is 1. The summed E-state index contributed by atoms with van der Waals surface area (Å²) in [6.07, 6.45) is -1.01. The minimum atomic E-state index is -3.96. The molecule has 0 spiro atoms. The van der Waals surface area contributed by atoms with Gasteiger partial charge in [0.1, 0.15) is 17.3 Å². The van der Waals surface area contributed by atoms with Crippen molar-refractivity contribution >= 4 is 21.8 Å². The van der Waals surface area contributed by atoms with Crippen LogP contribution in [0.25, 0.3) is 0 Å². The summed E-state index contributed by atoms with van der Waals surface area (Å²) < 4.78 is 42.8. The molecule has 0 radical (unpaired) electrons. The van der Waals surface area contributed by atoms with Gasteiger partial charge in [-0.1, -0.05) is 0 Å². The van der Waals surface area contributed by atoms with Crippen LogP contribution >= 0.6 is 0 Å². The number of nitrogens with one attached hydrogen (secondary N) is 1. The molecular weight excluding hydrogens is 265 g/mol. The topological polar surface area (TPSA) is 125 Å². The van der Waals surface area contributed by atoms with Gasteiger partial charge in [-0.25, -0.2) is 22.3 Å². The molecule has 0 saturated carbocycles. The van der Waals surface area contributed by atoms with Crippen LogP contribution in [0.4, 0.5) is 14.9 Å². The summed E-state index contributed by atoms with van der Waals surface area (Å²) >= 11 is 0. The molecule has 0 saturated heterocycles. The number of carbonyl (C=O) groups is 1. The Morgan fingerprint density at radius 2 is 2.11 bits per heavy atom. The SMILES string of the molecule is NC(=O)OCCNS(=O)(=O)c1cc(F)ccc1N. The molecular formula is C9H12FN3O4S. The molecule has 18 heavy (non-hydrogen) atoms. The lowest BCUT2D eigenvalue weighted by Gasteiger charge is -2.09. The molecule has 0 aliphatic heterocycles. The van der Waals surface area contributed by atoms with Gasteiger partial charge in [-0.15, -0.1) is 0 Å². The van der Waals surface area contributed by atoms with Crippen LogP contribution in [-0.4, -0.2) is 27.7 Å². The minimum Gasteiger partial charge on any atom is -0.448 e. The molecule has 100 valence electrons.